The predicted molar refractivity (Wildman–Crippen MR) is 123 cm³/mol. The van der Waals surface area contributed by atoms with E-state index < -0.39 is 0 Å². The Bertz CT molecular complexity index is 361. The number of carbonyl (C=O) groups excluding carboxylic acids is 2. The molecule has 0 rings (SSSR count). The van der Waals surface area contributed by atoms with E-state index in [9.17, 15) is 9.59 Å². The smallest absolute Gasteiger partial charge is 0.165 e. The lowest BCUT2D eigenvalue weighted by atomic mass is 9.98. The van der Waals surface area contributed by atoms with Crippen LogP contribution in [0, 0.1) is 0 Å². The van der Waals surface area contributed by atoms with Crippen molar-refractivity contribution in [3.8, 4) is 0 Å². The van der Waals surface area contributed by atoms with Gasteiger partial charge < -0.3 is 0 Å². The predicted octanol–water partition coefficient (Wildman–Crippen LogP) is 8.52. The number of Topliss-reactive ketones (excluding diaryl/α,β-unsaturated/α-hetero) is 2. The van der Waals surface area contributed by atoms with Gasteiger partial charge in [0.2, 0.25) is 0 Å². The molecule has 0 aromatic carbocycles. The maximum absolute atomic E-state index is 12.1. The summed E-state index contributed by atoms with van der Waals surface area (Å²) in [5.74, 6) is -0.0484. The molecule has 0 fully saturated rings. The van der Waals surface area contributed by atoms with Gasteiger partial charge in [0.15, 0.2) is 11.6 Å². The van der Waals surface area contributed by atoms with Gasteiger partial charge in [-0.2, -0.15) is 0 Å². The van der Waals surface area contributed by atoms with Gasteiger partial charge in [-0.15, -0.1) is 0 Å². The van der Waals surface area contributed by atoms with Crippen LogP contribution in [0.25, 0.3) is 0 Å². The monoisotopic (exact) mass is 392 g/mol. The molecule has 0 heterocycles. The van der Waals surface area contributed by atoms with Crippen molar-refractivity contribution in [2.75, 3.05) is 0 Å². The third-order valence-corrected chi connectivity index (χ3v) is 5.69. The van der Waals surface area contributed by atoms with Crippen LogP contribution >= 0.6 is 0 Å². The van der Waals surface area contributed by atoms with Crippen molar-refractivity contribution in [1.82, 2.24) is 0 Å². The molecule has 0 N–H and O–H groups in total. The van der Waals surface area contributed by atoms with E-state index in [0.29, 0.717) is 12.8 Å². The van der Waals surface area contributed by atoms with E-state index in [1.54, 1.807) is 0 Å². The first-order valence-electron chi connectivity index (χ1n) is 12.4. The summed E-state index contributed by atoms with van der Waals surface area (Å²) in [5, 5.41) is 0. The molecular formula is C26H48O2. The zero-order valence-electron chi connectivity index (χ0n) is 19.2. The molecule has 0 aliphatic carbocycles. The average molecular weight is 393 g/mol. The molecule has 0 aromatic heterocycles. The van der Waals surface area contributed by atoms with E-state index in [1.807, 2.05) is 0 Å². The second-order valence-electron chi connectivity index (χ2n) is 8.48. The highest BCUT2D eigenvalue weighted by Gasteiger charge is 2.14. The van der Waals surface area contributed by atoms with Crippen LogP contribution in [0.4, 0.5) is 0 Å². The van der Waals surface area contributed by atoms with Gasteiger partial charge >= 0.3 is 0 Å². The fourth-order valence-electron chi connectivity index (χ4n) is 3.65. The average Bonchev–Trinajstić information content (AvgIpc) is 2.70. The van der Waals surface area contributed by atoms with E-state index in [-0.39, 0.29) is 17.1 Å². The van der Waals surface area contributed by atoms with Gasteiger partial charge in [-0.3, -0.25) is 9.59 Å². The second-order valence-corrected chi connectivity index (χ2v) is 8.48. The minimum absolute atomic E-state index is 0.0242. The van der Waals surface area contributed by atoms with Crippen molar-refractivity contribution < 1.29 is 9.59 Å². The summed E-state index contributed by atoms with van der Waals surface area (Å²) >= 11 is 0. The topological polar surface area (TPSA) is 34.1 Å². The molecule has 0 bridgehead atoms. The molecule has 2 nitrogen and oxygen atoms in total. The van der Waals surface area contributed by atoms with Crippen LogP contribution in [0.5, 0.6) is 0 Å². The van der Waals surface area contributed by atoms with Crippen molar-refractivity contribution in [3.05, 3.63) is 12.2 Å². The summed E-state index contributed by atoms with van der Waals surface area (Å²) in [6, 6.07) is 0. The highest BCUT2D eigenvalue weighted by Crippen LogP contribution is 2.14. The maximum Gasteiger partial charge on any atom is 0.165 e. The lowest BCUT2D eigenvalue weighted by Crippen LogP contribution is -2.11. The molecular weight excluding hydrogens is 344 g/mol. The van der Waals surface area contributed by atoms with E-state index in [2.05, 4.69) is 20.4 Å². The van der Waals surface area contributed by atoms with E-state index in [4.69, 9.17) is 0 Å². The minimum Gasteiger partial charge on any atom is -0.294 e. The lowest BCUT2D eigenvalue weighted by molar-refractivity contribution is -0.121. The summed E-state index contributed by atoms with van der Waals surface area (Å²) in [5.41, 5.74) is 0.249. The molecule has 28 heavy (non-hydrogen) atoms. The Morgan fingerprint density at radius 2 is 0.714 bits per heavy atom. The van der Waals surface area contributed by atoms with Gasteiger partial charge in [0.25, 0.3) is 0 Å². The molecule has 0 amide bonds. The molecule has 0 saturated heterocycles. The number of allylic oxidation sites excluding steroid dienone is 1. The number of hydrogen-bond donors (Lipinski definition) is 0. The number of carbonyl (C=O) groups is 2. The van der Waals surface area contributed by atoms with E-state index in [1.165, 1.54) is 89.9 Å². The number of ketones is 2. The highest BCUT2D eigenvalue weighted by atomic mass is 16.1. The highest BCUT2D eigenvalue weighted by molar-refractivity contribution is 6.19. The van der Waals surface area contributed by atoms with Crippen molar-refractivity contribution >= 4 is 11.6 Å². The Kier molecular flexibility index (Phi) is 20.1. The van der Waals surface area contributed by atoms with E-state index >= 15 is 0 Å². The largest absolute Gasteiger partial charge is 0.294 e. The first-order valence-corrected chi connectivity index (χ1v) is 12.4. The molecule has 0 spiro atoms. The van der Waals surface area contributed by atoms with Crippen LogP contribution < -0.4 is 0 Å². The molecule has 0 aromatic rings. The van der Waals surface area contributed by atoms with Crippen LogP contribution in [-0.2, 0) is 9.59 Å². The summed E-state index contributed by atoms with van der Waals surface area (Å²) in [6.45, 7) is 8.25. The Labute approximate surface area is 175 Å². The number of unbranched alkanes of at least 4 members (excludes halogenated alkanes) is 16. The Morgan fingerprint density at radius 3 is 1.00 bits per heavy atom. The normalized spacial score (nSPS) is 10.9. The fraction of sp³-hybridized carbons (Fsp3) is 0.846. The quantitative estimate of drug-likeness (QED) is 0.0800. The van der Waals surface area contributed by atoms with Gasteiger partial charge in [0.1, 0.15) is 0 Å². The first kappa shape index (κ1) is 27.1. The third-order valence-electron chi connectivity index (χ3n) is 5.69. The Balaban J connectivity index is 3.54. The van der Waals surface area contributed by atoms with Gasteiger partial charge in [-0.05, 0) is 12.8 Å². The first-order chi connectivity index (χ1) is 13.6. The van der Waals surface area contributed by atoms with Crippen LogP contribution in [0.1, 0.15) is 142 Å². The second kappa shape index (κ2) is 20.8. The van der Waals surface area contributed by atoms with Gasteiger partial charge in [-0.1, -0.05) is 123 Å². The SMILES string of the molecule is C=C(C(=O)CCCCCCCCCCC)C(=O)CCCCCCCCCCC. The summed E-state index contributed by atoms with van der Waals surface area (Å²) < 4.78 is 0. The summed E-state index contributed by atoms with van der Waals surface area (Å²) in [7, 11) is 0. The molecule has 2 heteroatoms. The molecule has 0 aliphatic heterocycles. The Morgan fingerprint density at radius 1 is 0.464 bits per heavy atom. The lowest BCUT2D eigenvalue weighted by Gasteiger charge is -2.05. The molecule has 0 saturated carbocycles. The van der Waals surface area contributed by atoms with Crippen molar-refractivity contribution in [3.63, 3.8) is 0 Å². The molecule has 0 atom stereocenters. The van der Waals surface area contributed by atoms with Crippen LogP contribution in [0.2, 0.25) is 0 Å². The van der Waals surface area contributed by atoms with Crippen LogP contribution in [0.3, 0.4) is 0 Å². The van der Waals surface area contributed by atoms with Gasteiger partial charge in [-0.25, -0.2) is 0 Å². The fourth-order valence-corrected chi connectivity index (χ4v) is 3.65. The van der Waals surface area contributed by atoms with Crippen LogP contribution in [-0.4, -0.2) is 11.6 Å². The van der Waals surface area contributed by atoms with Gasteiger partial charge in [0.05, 0.1) is 5.57 Å². The summed E-state index contributed by atoms with van der Waals surface area (Å²) in [4.78, 5) is 24.3. The summed E-state index contributed by atoms with van der Waals surface area (Å²) in [6.07, 6.45) is 23.3. The van der Waals surface area contributed by atoms with Crippen LogP contribution in [0.15, 0.2) is 12.2 Å². The van der Waals surface area contributed by atoms with E-state index in [0.717, 1.165) is 25.7 Å². The maximum atomic E-state index is 12.1. The molecule has 0 unspecified atom stereocenters. The molecule has 0 radical (unpaired) electrons. The van der Waals surface area contributed by atoms with Crippen molar-refractivity contribution in [2.24, 2.45) is 0 Å². The standard InChI is InChI=1S/C26H48O2/c1-4-6-8-10-12-14-16-18-20-22-25(27)24(3)26(28)23-21-19-17-15-13-11-9-7-5-2/h3-23H2,1-2H3. The number of hydrogen-bond acceptors (Lipinski definition) is 2. The molecule has 164 valence electrons. The molecule has 0 aliphatic rings. The zero-order valence-corrected chi connectivity index (χ0v) is 19.2. The third kappa shape index (κ3) is 17.2. The van der Waals surface area contributed by atoms with Crippen molar-refractivity contribution in [1.29, 1.82) is 0 Å². The van der Waals surface area contributed by atoms with Gasteiger partial charge in [0, 0.05) is 12.8 Å². The number of rotatable bonds is 22. The van der Waals surface area contributed by atoms with Crippen molar-refractivity contribution in [2.45, 2.75) is 142 Å². The minimum atomic E-state index is -0.0242. The zero-order chi connectivity index (χ0) is 20.9. The Hall–Kier alpha value is -0.920.